The van der Waals surface area contributed by atoms with Crippen LogP contribution in [-0.2, 0) is 28.4 Å². The van der Waals surface area contributed by atoms with Gasteiger partial charge in [-0.1, -0.05) is 0 Å². The van der Waals surface area contributed by atoms with Crippen molar-refractivity contribution in [1.29, 1.82) is 0 Å². The molecule has 1 aliphatic heterocycles. The zero-order chi connectivity index (χ0) is 23.1. The first-order valence-electron chi connectivity index (χ1n) is 9.07. The molecule has 1 aromatic carbocycles. The van der Waals surface area contributed by atoms with Crippen LogP contribution in [-0.4, -0.2) is 61.1 Å². The predicted octanol–water partition coefficient (Wildman–Crippen LogP) is 1.51. The second-order valence-corrected chi connectivity index (χ2v) is 8.78. The molecule has 1 aliphatic rings. The normalized spacial score (nSPS) is 14.8. The Balaban J connectivity index is 2.18. The number of rotatable bonds is 7. The highest BCUT2D eigenvalue weighted by molar-refractivity contribution is 7.89. The van der Waals surface area contributed by atoms with Gasteiger partial charge in [-0.25, -0.2) is 26.3 Å². The topological polar surface area (TPSA) is 113 Å². The predicted molar refractivity (Wildman–Crippen MR) is 105 cm³/mol. The molecule has 0 fully saturated rings. The van der Waals surface area contributed by atoms with E-state index < -0.39 is 40.0 Å². The van der Waals surface area contributed by atoms with Crippen LogP contribution in [0.25, 0.3) is 11.3 Å². The van der Waals surface area contributed by atoms with Crippen LogP contribution in [0.5, 0.6) is 0 Å². The molecular formula is C18H20F3N5O4S. The van der Waals surface area contributed by atoms with Crippen molar-refractivity contribution in [3.63, 3.8) is 0 Å². The maximum absolute atomic E-state index is 13.2. The Labute approximate surface area is 176 Å². The van der Waals surface area contributed by atoms with Crippen LogP contribution in [0.3, 0.4) is 0 Å². The summed E-state index contributed by atoms with van der Waals surface area (Å²) in [7, 11) is -1.46. The summed E-state index contributed by atoms with van der Waals surface area (Å²) in [6.07, 6.45) is -3.13. The van der Waals surface area contributed by atoms with Crippen molar-refractivity contribution in [3.05, 3.63) is 29.3 Å². The van der Waals surface area contributed by atoms with E-state index in [1.807, 2.05) is 0 Å². The molecule has 1 unspecified atom stereocenters. The Kier molecular flexibility index (Phi) is 6.09. The van der Waals surface area contributed by atoms with E-state index in [0.29, 0.717) is 16.2 Å². The number of alkyl halides is 3. The Hall–Kier alpha value is -2.93. The molecule has 2 heterocycles. The van der Waals surface area contributed by atoms with E-state index in [0.717, 1.165) is 7.05 Å². The largest absolute Gasteiger partial charge is 0.323 e. The molecule has 0 bridgehead atoms. The van der Waals surface area contributed by atoms with Gasteiger partial charge in [0.15, 0.2) is 5.82 Å². The van der Waals surface area contributed by atoms with Crippen LogP contribution in [0, 0.1) is 0 Å². The molecule has 2 aromatic rings. The first kappa shape index (κ1) is 22.7. The van der Waals surface area contributed by atoms with Crippen molar-refractivity contribution >= 4 is 27.7 Å². The van der Waals surface area contributed by atoms with Crippen LogP contribution in [0.4, 0.5) is 19.0 Å². The molecule has 3 rings (SSSR count). The van der Waals surface area contributed by atoms with Gasteiger partial charge in [-0.15, -0.1) is 0 Å². The van der Waals surface area contributed by atoms with Gasteiger partial charge >= 0.3 is 0 Å². The molecule has 9 nitrogen and oxygen atoms in total. The van der Waals surface area contributed by atoms with Gasteiger partial charge in [-0.05, 0) is 24.7 Å². The van der Waals surface area contributed by atoms with Crippen LogP contribution in [0.15, 0.2) is 23.1 Å². The van der Waals surface area contributed by atoms with Crippen molar-refractivity contribution in [2.24, 2.45) is 7.05 Å². The van der Waals surface area contributed by atoms with Crippen LogP contribution < -0.4 is 10.0 Å². The molecule has 0 saturated heterocycles. The van der Waals surface area contributed by atoms with Gasteiger partial charge in [0.1, 0.15) is 12.7 Å². The van der Waals surface area contributed by atoms with Crippen LogP contribution >= 0.6 is 0 Å². The van der Waals surface area contributed by atoms with Gasteiger partial charge in [0.2, 0.25) is 15.9 Å². The zero-order valence-corrected chi connectivity index (χ0v) is 17.6. The smallest absolute Gasteiger partial charge is 0.261 e. The molecule has 0 aliphatic carbocycles. The fraction of sp³-hybridized carbons (Fsp3) is 0.389. The fourth-order valence-corrected chi connectivity index (χ4v) is 4.43. The van der Waals surface area contributed by atoms with Gasteiger partial charge in [0.05, 0.1) is 16.2 Å². The number of hydrogen-bond donors (Lipinski definition) is 2. The minimum absolute atomic E-state index is 0.165. The lowest BCUT2D eigenvalue weighted by atomic mass is 10.0. The summed E-state index contributed by atoms with van der Waals surface area (Å²) >= 11 is 0. The number of carbonyl (C=O) groups excluding carboxylic acids is 2. The minimum atomic E-state index is -4.17. The summed E-state index contributed by atoms with van der Waals surface area (Å²) in [6, 6.07) is 2.19. The molecule has 1 atom stereocenters. The molecule has 2 amide bonds. The highest BCUT2D eigenvalue weighted by Gasteiger charge is 2.41. The summed E-state index contributed by atoms with van der Waals surface area (Å²) in [4.78, 5) is 24.3. The standard InChI is InChI=1S/C18H20F3N5O4S/c1-9(27)23-15-6-12(25(3)24-15)10-4-11-8-26(13(7-19)17(20)21)18(28)16(11)14(5-10)31(29,30)22-2/h4-6,13,17,22H,7-8H2,1-3H3,(H,23,24,27). The van der Waals surface area contributed by atoms with E-state index >= 15 is 0 Å². The molecule has 31 heavy (non-hydrogen) atoms. The first-order valence-corrected chi connectivity index (χ1v) is 10.6. The van der Waals surface area contributed by atoms with E-state index in [-0.39, 0.29) is 29.4 Å². The quantitative estimate of drug-likeness (QED) is 0.652. The fourth-order valence-electron chi connectivity index (χ4n) is 3.44. The number of aryl methyl sites for hydroxylation is 1. The average Bonchev–Trinajstić information content (AvgIpc) is 3.20. The number of aromatic nitrogens is 2. The third-order valence-electron chi connectivity index (χ3n) is 4.89. The molecule has 0 spiro atoms. The number of amides is 2. The SMILES string of the molecule is CNS(=O)(=O)c1cc(-c2cc(NC(C)=O)nn2C)cc2c1C(=O)N(C(CF)C(F)F)C2. The molecular weight excluding hydrogens is 439 g/mol. The Bertz CT molecular complexity index is 1150. The Morgan fingerprint density at radius 1 is 1.29 bits per heavy atom. The molecule has 1 aromatic heterocycles. The van der Waals surface area contributed by atoms with E-state index in [2.05, 4.69) is 15.1 Å². The number of nitrogens with zero attached hydrogens (tertiary/aromatic N) is 3. The molecule has 168 valence electrons. The van der Waals surface area contributed by atoms with Crippen LogP contribution in [0.2, 0.25) is 0 Å². The third kappa shape index (κ3) is 4.14. The number of hydrogen-bond acceptors (Lipinski definition) is 5. The summed E-state index contributed by atoms with van der Waals surface area (Å²) in [6.45, 7) is -0.546. The monoisotopic (exact) mass is 459 g/mol. The maximum Gasteiger partial charge on any atom is 0.261 e. The van der Waals surface area contributed by atoms with Gasteiger partial charge in [-0.3, -0.25) is 14.3 Å². The Morgan fingerprint density at radius 2 is 1.97 bits per heavy atom. The van der Waals surface area contributed by atoms with Crippen molar-refractivity contribution in [2.75, 3.05) is 19.0 Å². The number of benzene rings is 1. The van der Waals surface area contributed by atoms with Gasteiger partial charge in [-0.2, -0.15) is 5.10 Å². The van der Waals surface area contributed by atoms with Crippen molar-refractivity contribution in [3.8, 4) is 11.3 Å². The number of sulfonamides is 1. The van der Waals surface area contributed by atoms with Gasteiger partial charge < -0.3 is 10.2 Å². The second kappa shape index (κ2) is 8.30. The lowest BCUT2D eigenvalue weighted by Crippen LogP contribution is -2.42. The van der Waals surface area contributed by atoms with Crippen molar-refractivity contribution in [1.82, 2.24) is 19.4 Å². The summed E-state index contributed by atoms with van der Waals surface area (Å²) < 4.78 is 68.4. The molecule has 0 radical (unpaired) electrons. The van der Waals surface area contributed by atoms with E-state index in [9.17, 15) is 31.2 Å². The minimum Gasteiger partial charge on any atom is -0.323 e. The lowest BCUT2D eigenvalue weighted by Gasteiger charge is -2.24. The van der Waals surface area contributed by atoms with E-state index in [4.69, 9.17) is 0 Å². The molecule has 13 heteroatoms. The summed E-state index contributed by atoms with van der Waals surface area (Å²) in [5, 5.41) is 6.63. The van der Waals surface area contributed by atoms with Crippen LogP contribution in [0.1, 0.15) is 22.8 Å². The Morgan fingerprint density at radius 3 is 2.52 bits per heavy atom. The zero-order valence-electron chi connectivity index (χ0n) is 16.8. The number of nitrogens with one attached hydrogen (secondary N) is 2. The number of halogens is 3. The van der Waals surface area contributed by atoms with E-state index in [1.165, 1.54) is 29.8 Å². The molecule has 0 saturated carbocycles. The summed E-state index contributed by atoms with van der Waals surface area (Å²) in [5.74, 6) is -1.12. The van der Waals surface area contributed by atoms with Gasteiger partial charge in [0.25, 0.3) is 12.3 Å². The number of anilines is 1. The van der Waals surface area contributed by atoms with Gasteiger partial charge in [0, 0.05) is 32.1 Å². The average molecular weight is 459 g/mol. The first-order chi connectivity index (χ1) is 14.5. The highest BCUT2D eigenvalue weighted by Crippen LogP contribution is 2.36. The molecule has 2 N–H and O–H groups in total. The van der Waals surface area contributed by atoms with Crippen molar-refractivity contribution in [2.45, 2.75) is 30.8 Å². The number of fused-ring (bicyclic) bond motifs is 1. The second-order valence-electron chi connectivity index (χ2n) is 6.92. The number of carbonyl (C=O) groups is 2. The van der Waals surface area contributed by atoms with E-state index in [1.54, 1.807) is 7.05 Å². The third-order valence-corrected chi connectivity index (χ3v) is 6.32. The lowest BCUT2D eigenvalue weighted by molar-refractivity contribution is -0.114. The highest BCUT2D eigenvalue weighted by atomic mass is 32.2. The maximum atomic E-state index is 13.2. The van der Waals surface area contributed by atoms with Crippen molar-refractivity contribution < 1.29 is 31.2 Å². The summed E-state index contributed by atoms with van der Waals surface area (Å²) in [5.41, 5.74) is 0.614.